The van der Waals surface area contributed by atoms with E-state index in [1.165, 1.54) is 17.5 Å². The Labute approximate surface area is 169 Å². The third kappa shape index (κ3) is 2.93. The molecule has 2 aliphatic heterocycles. The van der Waals surface area contributed by atoms with Crippen molar-refractivity contribution < 1.29 is 22.3 Å². The number of amides is 1. The van der Waals surface area contributed by atoms with Crippen molar-refractivity contribution >= 4 is 21.6 Å². The van der Waals surface area contributed by atoms with Crippen molar-refractivity contribution in [3.63, 3.8) is 0 Å². The van der Waals surface area contributed by atoms with E-state index in [2.05, 4.69) is 0 Å². The number of para-hydroxylation sites is 1. The number of anilines is 1. The molecule has 0 N–H and O–H groups in total. The average molecular weight is 418 g/mol. The first-order valence-electron chi connectivity index (χ1n) is 9.60. The maximum atomic E-state index is 13.7. The zero-order valence-corrected chi connectivity index (χ0v) is 17.2. The molecule has 6 nitrogen and oxygen atoms in total. The molecule has 0 aliphatic carbocycles. The maximum absolute atomic E-state index is 13.7. The molecule has 0 atom stereocenters. The zero-order valence-electron chi connectivity index (χ0n) is 16.4. The van der Waals surface area contributed by atoms with Crippen LogP contribution in [-0.4, -0.2) is 45.4 Å². The summed E-state index contributed by atoms with van der Waals surface area (Å²) < 4.78 is 46.5. The van der Waals surface area contributed by atoms with Gasteiger partial charge in [0.15, 0.2) is 0 Å². The van der Waals surface area contributed by atoms with Gasteiger partial charge in [0.1, 0.15) is 16.5 Å². The second-order valence-corrected chi connectivity index (χ2v) is 9.25. The highest BCUT2D eigenvalue weighted by molar-refractivity contribution is 7.89. The normalized spacial score (nSPS) is 18.9. The number of fused-ring (bicyclic) bond motifs is 2. The first-order valence-corrected chi connectivity index (χ1v) is 11.0. The lowest BCUT2D eigenvalue weighted by atomic mass is 9.74. The molecule has 1 fully saturated rings. The molecule has 1 amide bonds. The molecular formula is C21H23FN2O4S. The Morgan fingerprint density at radius 3 is 2.48 bits per heavy atom. The number of piperidine rings is 1. The first kappa shape index (κ1) is 19.8. The fraction of sp³-hybridized carbons (Fsp3) is 0.381. The smallest absolute Gasteiger partial charge is 0.246 e. The summed E-state index contributed by atoms with van der Waals surface area (Å²) in [5.41, 5.74) is 1.17. The Morgan fingerprint density at radius 2 is 1.83 bits per heavy atom. The van der Waals surface area contributed by atoms with Crippen LogP contribution in [0, 0.1) is 5.82 Å². The third-order valence-corrected chi connectivity index (χ3v) is 7.92. The molecule has 0 bridgehead atoms. The molecule has 0 radical (unpaired) electrons. The van der Waals surface area contributed by atoms with Gasteiger partial charge in [-0.15, -0.1) is 0 Å². The summed E-state index contributed by atoms with van der Waals surface area (Å²) in [5.74, 6) is -0.510. The lowest BCUT2D eigenvalue weighted by Gasteiger charge is -2.38. The van der Waals surface area contributed by atoms with Gasteiger partial charge in [-0.1, -0.05) is 18.2 Å². The lowest BCUT2D eigenvalue weighted by Crippen LogP contribution is -2.50. The molecule has 0 unspecified atom stereocenters. The van der Waals surface area contributed by atoms with Gasteiger partial charge in [-0.25, -0.2) is 12.8 Å². The lowest BCUT2D eigenvalue weighted by molar-refractivity contribution is -0.124. The second kappa shape index (κ2) is 7.11. The number of rotatable bonds is 4. The van der Waals surface area contributed by atoms with E-state index in [1.807, 2.05) is 31.2 Å². The minimum Gasteiger partial charge on any atom is -0.495 e. The molecule has 2 aromatic rings. The van der Waals surface area contributed by atoms with Crippen LogP contribution in [0.5, 0.6) is 5.75 Å². The van der Waals surface area contributed by atoms with E-state index in [0.29, 0.717) is 19.4 Å². The highest BCUT2D eigenvalue weighted by atomic mass is 32.2. The molecule has 8 heteroatoms. The predicted molar refractivity (Wildman–Crippen MR) is 107 cm³/mol. The van der Waals surface area contributed by atoms with Gasteiger partial charge in [0.05, 0.1) is 12.5 Å². The molecule has 2 aliphatic rings. The van der Waals surface area contributed by atoms with Gasteiger partial charge in [0.2, 0.25) is 15.9 Å². The molecule has 0 saturated carbocycles. The van der Waals surface area contributed by atoms with Crippen molar-refractivity contribution in [2.45, 2.75) is 30.1 Å². The monoisotopic (exact) mass is 418 g/mol. The molecule has 2 aromatic carbocycles. The Kier molecular flexibility index (Phi) is 4.86. The van der Waals surface area contributed by atoms with Crippen molar-refractivity contribution in [3.8, 4) is 5.75 Å². The van der Waals surface area contributed by atoms with E-state index >= 15 is 0 Å². The summed E-state index contributed by atoms with van der Waals surface area (Å²) in [4.78, 5) is 14.8. The quantitative estimate of drug-likeness (QED) is 0.766. The number of methoxy groups -OCH3 is 1. The standard InChI is InChI=1S/C21H23FN2O4S/c1-3-24-17-7-5-4-6-16(17)21(20(24)25)10-12-23(13-11-21)29(26,27)19-14-15(22)8-9-18(19)28-2/h4-9,14H,3,10-13H2,1-2H3. The summed E-state index contributed by atoms with van der Waals surface area (Å²) >= 11 is 0. The van der Waals surface area contributed by atoms with Crippen LogP contribution in [0.15, 0.2) is 47.4 Å². The number of carbonyl (C=O) groups is 1. The van der Waals surface area contributed by atoms with Crippen LogP contribution in [0.25, 0.3) is 0 Å². The van der Waals surface area contributed by atoms with Crippen LogP contribution < -0.4 is 9.64 Å². The minimum atomic E-state index is -3.94. The van der Waals surface area contributed by atoms with Crippen LogP contribution in [0.2, 0.25) is 0 Å². The van der Waals surface area contributed by atoms with E-state index in [0.717, 1.165) is 23.4 Å². The average Bonchev–Trinajstić information content (AvgIpc) is 2.96. The van der Waals surface area contributed by atoms with Crippen LogP contribution in [0.3, 0.4) is 0 Å². The van der Waals surface area contributed by atoms with Crippen LogP contribution in [0.1, 0.15) is 25.3 Å². The Balaban J connectivity index is 1.65. The van der Waals surface area contributed by atoms with Crippen LogP contribution in [0.4, 0.5) is 10.1 Å². The van der Waals surface area contributed by atoms with E-state index in [-0.39, 0.29) is 29.6 Å². The fourth-order valence-corrected chi connectivity index (χ4v) is 6.10. The Bertz CT molecular complexity index is 1060. The van der Waals surface area contributed by atoms with Gasteiger partial charge in [-0.3, -0.25) is 4.79 Å². The highest BCUT2D eigenvalue weighted by Crippen LogP contribution is 2.48. The van der Waals surface area contributed by atoms with Crippen LogP contribution >= 0.6 is 0 Å². The van der Waals surface area contributed by atoms with E-state index < -0.39 is 21.3 Å². The number of hydrogen-bond donors (Lipinski definition) is 0. The summed E-state index contributed by atoms with van der Waals surface area (Å²) in [6.07, 6.45) is 0.770. The van der Waals surface area contributed by atoms with Gasteiger partial charge < -0.3 is 9.64 Å². The summed E-state index contributed by atoms with van der Waals surface area (Å²) in [7, 11) is -2.59. The number of carbonyl (C=O) groups excluding carboxylic acids is 1. The van der Waals surface area contributed by atoms with Gasteiger partial charge in [0, 0.05) is 25.3 Å². The van der Waals surface area contributed by atoms with Gasteiger partial charge in [0.25, 0.3) is 0 Å². The van der Waals surface area contributed by atoms with Crippen molar-refractivity contribution in [2.24, 2.45) is 0 Å². The molecular weight excluding hydrogens is 395 g/mol. The van der Waals surface area contributed by atoms with E-state index in [9.17, 15) is 17.6 Å². The number of halogens is 1. The number of ether oxygens (including phenoxy) is 1. The molecule has 4 rings (SSSR count). The zero-order chi connectivity index (χ0) is 20.8. The van der Waals surface area contributed by atoms with Crippen LogP contribution in [-0.2, 0) is 20.2 Å². The predicted octanol–water partition coefficient (Wildman–Crippen LogP) is 2.92. The summed E-state index contributed by atoms with van der Waals surface area (Å²) in [6.45, 7) is 2.86. The number of likely N-dealkylation sites (N-methyl/N-ethyl adjacent to an activating group) is 1. The van der Waals surface area contributed by atoms with E-state index in [1.54, 1.807) is 4.90 Å². The molecule has 29 heavy (non-hydrogen) atoms. The van der Waals surface area contributed by atoms with Gasteiger partial charge in [-0.05, 0) is 49.6 Å². The topological polar surface area (TPSA) is 66.9 Å². The SMILES string of the molecule is CCN1C(=O)C2(CCN(S(=O)(=O)c3cc(F)ccc3OC)CC2)c2ccccc21. The summed E-state index contributed by atoms with van der Waals surface area (Å²) in [5, 5.41) is 0. The molecule has 1 saturated heterocycles. The van der Waals surface area contributed by atoms with Crippen molar-refractivity contribution in [1.82, 2.24) is 4.31 Å². The van der Waals surface area contributed by atoms with Crippen molar-refractivity contribution in [2.75, 3.05) is 31.6 Å². The minimum absolute atomic E-state index is 0.0292. The molecule has 154 valence electrons. The maximum Gasteiger partial charge on any atom is 0.246 e. The number of benzene rings is 2. The highest BCUT2D eigenvalue weighted by Gasteiger charge is 2.52. The second-order valence-electron chi connectivity index (χ2n) is 7.35. The van der Waals surface area contributed by atoms with E-state index in [4.69, 9.17) is 4.74 Å². The Hall–Kier alpha value is -2.45. The molecule has 0 aromatic heterocycles. The largest absolute Gasteiger partial charge is 0.495 e. The van der Waals surface area contributed by atoms with Gasteiger partial charge in [-0.2, -0.15) is 4.31 Å². The number of nitrogens with zero attached hydrogens (tertiary/aromatic N) is 2. The molecule has 2 heterocycles. The van der Waals surface area contributed by atoms with Crippen molar-refractivity contribution in [1.29, 1.82) is 0 Å². The number of hydrogen-bond acceptors (Lipinski definition) is 4. The summed E-state index contributed by atoms with van der Waals surface area (Å²) in [6, 6.07) is 11.2. The first-order chi connectivity index (χ1) is 13.8. The molecule has 1 spiro atoms. The van der Waals surface area contributed by atoms with Gasteiger partial charge >= 0.3 is 0 Å². The number of sulfonamides is 1. The third-order valence-electron chi connectivity index (χ3n) is 6.00. The van der Waals surface area contributed by atoms with Crippen molar-refractivity contribution in [3.05, 3.63) is 53.8 Å². The Morgan fingerprint density at radius 1 is 1.14 bits per heavy atom. The fourth-order valence-electron chi connectivity index (χ4n) is 4.49.